The zero-order chi connectivity index (χ0) is 20.8. The van der Waals surface area contributed by atoms with E-state index in [1.807, 2.05) is 26.0 Å². The highest BCUT2D eigenvalue weighted by atomic mass is 32.1. The molecule has 0 atom stereocenters. The molecule has 0 aliphatic rings. The summed E-state index contributed by atoms with van der Waals surface area (Å²) in [6, 6.07) is 5.41. The van der Waals surface area contributed by atoms with Crippen molar-refractivity contribution in [3.8, 4) is 5.75 Å². The van der Waals surface area contributed by atoms with E-state index in [1.54, 1.807) is 24.5 Å². The van der Waals surface area contributed by atoms with Gasteiger partial charge in [-0.3, -0.25) is 4.79 Å². The van der Waals surface area contributed by atoms with Crippen LogP contribution in [0, 0.1) is 13.8 Å². The summed E-state index contributed by atoms with van der Waals surface area (Å²) in [6.07, 6.45) is 3.46. The quantitative estimate of drug-likeness (QED) is 0.424. The van der Waals surface area contributed by atoms with E-state index < -0.39 is 5.63 Å². The van der Waals surface area contributed by atoms with Crippen LogP contribution in [-0.2, 0) is 17.6 Å². The van der Waals surface area contributed by atoms with Crippen molar-refractivity contribution in [3.63, 3.8) is 0 Å². The average molecular weight is 415 g/mol. The lowest BCUT2D eigenvalue weighted by Gasteiger charge is -2.09. The molecular weight excluding hydrogens is 388 g/mol. The Morgan fingerprint density at radius 1 is 1.24 bits per heavy atom. The van der Waals surface area contributed by atoms with E-state index >= 15 is 0 Å². The molecule has 1 aromatic carbocycles. The molecule has 2 aromatic heterocycles. The van der Waals surface area contributed by atoms with Gasteiger partial charge in [-0.05, 0) is 57.2 Å². The molecule has 0 saturated heterocycles. The first-order valence-corrected chi connectivity index (χ1v) is 10.6. The summed E-state index contributed by atoms with van der Waals surface area (Å²) in [5.41, 5.74) is 2.57. The van der Waals surface area contributed by atoms with Gasteiger partial charge in [0, 0.05) is 41.1 Å². The van der Waals surface area contributed by atoms with Crippen LogP contribution in [0.25, 0.3) is 11.0 Å². The van der Waals surface area contributed by atoms with E-state index in [0.717, 1.165) is 40.9 Å². The first-order valence-electron chi connectivity index (χ1n) is 9.76. The molecule has 154 valence electrons. The van der Waals surface area contributed by atoms with Crippen molar-refractivity contribution in [2.24, 2.45) is 0 Å². The molecule has 0 radical (unpaired) electrons. The van der Waals surface area contributed by atoms with Crippen LogP contribution >= 0.6 is 11.3 Å². The fourth-order valence-corrected chi connectivity index (χ4v) is 4.08. The van der Waals surface area contributed by atoms with Crippen molar-refractivity contribution >= 4 is 28.2 Å². The molecule has 0 bridgehead atoms. The number of hydrogen-bond donors (Lipinski definition) is 1. The first kappa shape index (κ1) is 21.0. The highest BCUT2D eigenvalue weighted by molar-refractivity contribution is 7.09. The number of unbranched alkanes of at least 4 members (excludes halogenated alkanes) is 1. The van der Waals surface area contributed by atoms with Crippen LogP contribution in [0.2, 0.25) is 0 Å². The average Bonchev–Trinajstić information content (AvgIpc) is 3.12. The lowest BCUT2D eigenvalue weighted by Crippen LogP contribution is -2.25. The Labute approximate surface area is 173 Å². The Balaban J connectivity index is 1.49. The van der Waals surface area contributed by atoms with Gasteiger partial charge in [-0.15, -0.1) is 11.3 Å². The second-order valence-electron chi connectivity index (χ2n) is 7.04. The van der Waals surface area contributed by atoms with Gasteiger partial charge in [0.1, 0.15) is 11.3 Å². The third-order valence-corrected chi connectivity index (χ3v) is 5.93. The maximum absolute atomic E-state index is 12.4. The van der Waals surface area contributed by atoms with E-state index in [0.29, 0.717) is 29.9 Å². The maximum atomic E-state index is 12.4. The van der Waals surface area contributed by atoms with E-state index in [-0.39, 0.29) is 12.3 Å². The number of methoxy groups -OCH3 is 1. The van der Waals surface area contributed by atoms with Crippen LogP contribution in [-0.4, -0.2) is 24.5 Å². The number of nitrogens with zero attached hydrogens (tertiary/aromatic N) is 1. The molecule has 3 rings (SSSR count). The summed E-state index contributed by atoms with van der Waals surface area (Å²) in [5.74, 6) is 0.584. The van der Waals surface area contributed by atoms with Crippen molar-refractivity contribution in [1.29, 1.82) is 0 Å². The number of rotatable bonds is 9. The van der Waals surface area contributed by atoms with Crippen LogP contribution in [0.5, 0.6) is 5.75 Å². The number of carbonyl (C=O) groups excluding carboxylic acids is 1. The summed E-state index contributed by atoms with van der Waals surface area (Å²) < 4.78 is 10.6. The van der Waals surface area contributed by atoms with Crippen LogP contribution < -0.4 is 15.7 Å². The fourth-order valence-electron chi connectivity index (χ4n) is 3.26. The normalized spacial score (nSPS) is 11.0. The molecule has 7 heteroatoms. The molecule has 0 spiro atoms. The van der Waals surface area contributed by atoms with Gasteiger partial charge in [-0.25, -0.2) is 9.78 Å². The number of thiazole rings is 1. The number of fused-ring (bicyclic) bond motifs is 1. The van der Waals surface area contributed by atoms with Gasteiger partial charge in [0.25, 0.3) is 0 Å². The van der Waals surface area contributed by atoms with Crippen molar-refractivity contribution in [2.75, 3.05) is 13.7 Å². The second kappa shape index (κ2) is 9.69. The Kier molecular flexibility index (Phi) is 7.04. The minimum Gasteiger partial charge on any atom is -0.497 e. The molecule has 6 nitrogen and oxygen atoms in total. The van der Waals surface area contributed by atoms with Crippen LogP contribution in [0.4, 0.5) is 0 Å². The van der Waals surface area contributed by atoms with Gasteiger partial charge in [-0.2, -0.15) is 0 Å². The molecule has 0 aliphatic carbocycles. The number of carbonyl (C=O) groups is 1. The lowest BCUT2D eigenvalue weighted by atomic mass is 10.0. The van der Waals surface area contributed by atoms with Gasteiger partial charge >= 0.3 is 5.63 Å². The topological polar surface area (TPSA) is 81.4 Å². The van der Waals surface area contributed by atoms with E-state index in [1.165, 1.54) is 0 Å². The largest absolute Gasteiger partial charge is 0.497 e. The minimum atomic E-state index is -0.394. The summed E-state index contributed by atoms with van der Waals surface area (Å²) in [6.45, 7) is 4.52. The molecule has 0 saturated carbocycles. The molecule has 1 amide bonds. The standard InChI is InChI=1S/C22H26N2O4S/c1-14-13-29-21(24-14)6-4-5-11-23-20(25)10-9-18-15(2)17-8-7-16(27-3)12-19(17)28-22(18)26/h7-8,12-13H,4-6,9-11H2,1-3H3,(H,23,25). The van der Waals surface area contributed by atoms with Gasteiger partial charge < -0.3 is 14.5 Å². The summed E-state index contributed by atoms with van der Waals surface area (Å²) in [4.78, 5) is 28.9. The summed E-state index contributed by atoms with van der Waals surface area (Å²) in [7, 11) is 1.57. The lowest BCUT2D eigenvalue weighted by molar-refractivity contribution is -0.121. The summed E-state index contributed by atoms with van der Waals surface area (Å²) in [5, 5.41) is 6.99. The molecule has 0 unspecified atom stereocenters. The molecule has 29 heavy (non-hydrogen) atoms. The van der Waals surface area contributed by atoms with Crippen molar-refractivity contribution < 1.29 is 13.9 Å². The van der Waals surface area contributed by atoms with Crippen LogP contribution in [0.1, 0.15) is 41.1 Å². The number of nitrogens with one attached hydrogen (secondary N) is 1. The smallest absolute Gasteiger partial charge is 0.339 e. The highest BCUT2D eigenvalue weighted by Gasteiger charge is 2.13. The predicted molar refractivity (Wildman–Crippen MR) is 115 cm³/mol. The van der Waals surface area contributed by atoms with E-state index in [9.17, 15) is 9.59 Å². The highest BCUT2D eigenvalue weighted by Crippen LogP contribution is 2.24. The molecule has 0 fully saturated rings. The van der Waals surface area contributed by atoms with Crippen LogP contribution in [0.15, 0.2) is 32.8 Å². The third-order valence-electron chi connectivity index (χ3n) is 4.90. The Bertz CT molecular complexity index is 1050. The SMILES string of the molecule is COc1ccc2c(C)c(CCC(=O)NCCCCc3nc(C)cs3)c(=O)oc2c1. The van der Waals surface area contributed by atoms with E-state index in [2.05, 4.69) is 15.7 Å². The number of aromatic nitrogens is 1. The molecular formula is C22H26N2O4S. The maximum Gasteiger partial charge on any atom is 0.339 e. The monoisotopic (exact) mass is 414 g/mol. The van der Waals surface area contributed by atoms with Crippen molar-refractivity contribution in [2.45, 2.75) is 46.0 Å². The first-order chi connectivity index (χ1) is 14.0. The number of benzene rings is 1. The van der Waals surface area contributed by atoms with Crippen molar-refractivity contribution in [3.05, 3.63) is 55.8 Å². The Hall–Kier alpha value is -2.67. The van der Waals surface area contributed by atoms with Crippen LogP contribution in [0.3, 0.4) is 0 Å². The third kappa shape index (κ3) is 5.44. The number of ether oxygens (including phenoxy) is 1. The number of hydrogen-bond acceptors (Lipinski definition) is 6. The molecule has 1 N–H and O–H groups in total. The zero-order valence-electron chi connectivity index (χ0n) is 17.0. The van der Waals surface area contributed by atoms with Gasteiger partial charge in [0.15, 0.2) is 0 Å². The van der Waals surface area contributed by atoms with Gasteiger partial charge in [-0.1, -0.05) is 0 Å². The number of amides is 1. The second-order valence-corrected chi connectivity index (χ2v) is 7.99. The summed E-state index contributed by atoms with van der Waals surface area (Å²) >= 11 is 1.68. The minimum absolute atomic E-state index is 0.0521. The molecule has 3 aromatic rings. The van der Waals surface area contributed by atoms with Gasteiger partial charge in [0.05, 0.1) is 12.1 Å². The molecule has 0 aliphatic heterocycles. The Morgan fingerprint density at radius 2 is 2.07 bits per heavy atom. The van der Waals surface area contributed by atoms with Crippen molar-refractivity contribution in [1.82, 2.24) is 10.3 Å². The van der Waals surface area contributed by atoms with Gasteiger partial charge in [0.2, 0.25) is 5.91 Å². The number of aryl methyl sites for hydroxylation is 3. The fraction of sp³-hybridized carbons (Fsp3) is 0.409. The zero-order valence-corrected chi connectivity index (χ0v) is 17.9. The van der Waals surface area contributed by atoms with E-state index in [4.69, 9.17) is 9.15 Å². The predicted octanol–water partition coefficient (Wildman–Crippen LogP) is 3.95. The molecule has 2 heterocycles. The Morgan fingerprint density at radius 3 is 2.79 bits per heavy atom.